The van der Waals surface area contributed by atoms with Crippen molar-refractivity contribution in [2.75, 3.05) is 11.5 Å². The van der Waals surface area contributed by atoms with E-state index in [1.165, 1.54) is 16.0 Å². The van der Waals surface area contributed by atoms with Crippen LogP contribution in [0.5, 0.6) is 0 Å². The van der Waals surface area contributed by atoms with Gasteiger partial charge < -0.3 is 0 Å². The smallest absolute Gasteiger partial charge is 0.00750 e. The second-order valence-corrected chi connectivity index (χ2v) is 4.43. The summed E-state index contributed by atoms with van der Waals surface area (Å²) in [6.45, 7) is 4.29. The highest BCUT2D eigenvalue weighted by molar-refractivity contribution is 8.00. The molecular formula is C10H14S2. The number of benzene rings is 1. The first-order valence-electron chi connectivity index (χ1n) is 4.05. The van der Waals surface area contributed by atoms with E-state index in [2.05, 4.69) is 44.7 Å². The Labute approximate surface area is 84.2 Å². The predicted octanol–water partition coefficient (Wildman–Crippen LogP) is 3.33. The van der Waals surface area contributed by atoms with Crippen molar-refractivity contribution in [3.63, 3.8) is 0 Å². The Morgan fingerprint density at radius 2 is 2.00 bits per heavy atom. The van der Waals surface area contributed by atoms with E-state index in [0.717, 1.165) is 11.5 Å². The van der Waals surface area contributed by atoms with Gasteiger partial charge in [-0.2, -0.15) is 12.6 Å². The van der Waals surface area contributed by atoms with Crippen molar-refractivity contribution < 1.29 is 0 Å². The molecule has 2 heteroatoms. The van der Waals surface area contributed by atoms with Gasteiger partial charge in [0.25, 0.3) is 0 Å². The van der Waals surface area contributed by atoms with Gasteiger partial charge >= 0.3 is 0 Å². The average Bonchev–Trinajstić information content (AvgIpc) is 2.07. The van der Waals surface area contributed by atoms with Crippen LogP contribution in [0.2, 0.25) is 0 Å². The summed E-state index contributed by atoms with van der Waals surface area (Å²) in [7, 11) is 0. The fraction of sp³-hybridized carbons (Fsp3) is 0.400. The van der Waals surface area contributed by atoms with E-state index in [4.69, 9.17) is 0 Å². The molecule has 0 aliphatic carbocycles. The van der Waals surface area contributed by atoms with Crippen LogP contribution in [0.4, 0.5) is 0 Å². The van der Waals surface area contributed by atoms with Crippen LogP contribution in [0, 0.1) is 13.8 Å². The molecule has 0 aliphatic heterocycles. The molecule has 0 bridgehead atoms. The summed E-state index contributed by atoms with van der Waals surface area (Å²) in [5.41, 5.74) is 2.74. The summed E-state index contributed by atoms with van der Waals surface area (Å²) in [6, 6.07) is 6.59. The van der Waals surface area contributed by atoms with Crippen molar-refractivity contribution in [1.29, 1.82) is 0 Å². The Kier molecular flexibility index (Phi) is 4.02. The van der Waals surface area contributed by atoms with Crippen molar-refractivity contribution >= 4 is 24.4 Å². The second-order valence-electron chi connectivity index (χ2n) is 2.82. The third-order valence-electron chi connectivity index (χ3n) is 1.84. The lowest BCUT2D eigenvalue weighted by Gasteiger charge is -2.03. The molecule has 0 saturated heterocycles. The number of hydrogen-bond acceptors (Lipinski definition) is 2. The number of rotatable bonds is 3. The lowest BCUT2D eigenvalue weighted by atomic mass is 10.1. The van der Waals surface area contributed by atoms with Gasteiger partial charge in [0.05, 0.1) is 0 Å². The standard InChI is InChI=1S/C10H14S2/c1-8-3-4-10(7-9(8)2)12-6-5-11/h3-4,7,11H,5-6H2,1-2H3. The molecule has 1 aromatic carbocycles. The molecule has 0 radical (unpaired) electrons. The maximum atomic E-state index is 4.18. The lowest BCUT2D eigenvalue weighted by Crippen LogP contribution is -1.83. The van der Waals surface area contributed by atoms with Crippen LogP contribution in [0.25, 0.3) is 0 Å². The van der Waals surface area contributed by atoms with E-state index < -0.39 is 0 Å². The normalized spacial score (nSPS) is 10.2. The van der Waals surface area contributed by atoms with Gasteiger partial charge in [-0.25, -0.2) is 0 Å². The largest absolute Gasteiger partial charge is 0.178 e. The highest BCUT2D eigenvalue weighted by Crippen LogP contribution is 2.20. The maximum Gasteiger partial charge on any atom is 0.00750 e. The number of thiol groups is 1. The van der Waals surface area contributed by atoms with Crippen molar-refractivity contribution in [1.82, 2.24) is 0 Å². The molecule has 1 aromatic rings. The Balaban J connectivity index is 2.69. The summed E-state index contributed by atoms with van der Waals surface area (Å²) in [5.74, 6) is 2.03. The molecule has 0 atom stereocenters. The SMILES string of the molecule is Cc1ccc(SCCS)cc1C. The van der Waals surface area contributed by atoms with Crippen LogP contribution in [-0.2, 0) is 0 Å². The zero-order chi connectivity index (χ0) is 8.97. The Morgan fingerprint density at radius 3 is 2.58 bits per heavy atom. The van der Waals surface area contributed by atoms with Gasteiger partial charge in [-0.15, -0.1) is 11.8 Å². The van der Waals surface area contributed by atoms with Crippen molar-refractivity contribution in [2.45, 2.75) is 18.7 Å². The molecule has 0 aliphatic rings. The third-order valence-corrected chi connectivity index (χ3v) is 3.36. The van der Waals surface area contributed by atoms with E-state index in [-0.39, 0.29) is 0 Å². The van der Waals surface area contributed by atoms with Crippen molar-refractivity contribution in [3.05, 3.63) is 29.3 Å². The first kappa shape index (κ1) is 10.0. The first-order valence-corrected chi connectivity index (χ1v) is 5.67. The van der Waals surface area contributed by atoms with Gasteiger partial charge in [-0.3, -0.25) is 0 Å². The average molecular weight is 198 g/mol. The summed E-state index contributed by atoms with van der Waals surface area (Å²) >= 11 is 6.04. The van der Waals surface area contributed by atoms with Crippen molar-refractivity contribution in [2.24, 2.45) is 0 Å². The minimum Gasteiger partial charge on any atom is -0.178 e. The first-order chi connectivity index (χ1) is 5.74. The van der Waals surface area contributed by atoms with Gasteiger partial charge in [-0.1, -0.05) is 6.07 Å². The molecule has 12 heavy (non-hydrogen) atoms. The van der Waals surface area contributed by atoms with Crippen LogP contribution in [0.3, 0.4) is 0 Å². The number of aryl methyl sites for hydroxylation is 2. The molecule has 0 aromatic heterocycles. The molecule has 0 nitrogen and oxygen atoms in total. The minimum atomic E-state index is 0.942. The summed E-state index contributed by atoms with van der Waals surface area (Å²) in [4.78, 5) is 1.35. The monoisotopic (exact) mass is 198 g/mol. The molecule has 0 spiro atoms. The van der Waals surface area contributed by atoms with Gasteiger partial charge in [0, 0.05) is 10.6 Å². The highest BCUT2D eigenvalue weighted by atomic mass is 32.2. The lowest BCUT2D eigenvalue weighted by molar-refractivity contribution is 1.28. The van der Waals surface area contributed by atoms with E-state index in [1.54, 1.807) is 0 Å². The topological polar surface area (TPSA) is 0 Å². The van der Waals surface area contributed by atoms with Gasteiger partial charge in [0.15, 0.2) is 0 Å². The summed E-state index contributed by atoms with van der Waals surface area (Å²) < 4.78 is 0. The fourth-order valence-electron chi connectivity index (χ4n) is 0.967. The summed E-state index contributed by atoms with van der Waals surface area (Å²) in [5, 5.41) is 0. The molecule has 0 amide bonds. The van der Waals surface area contributed by atoms with Gasteiger partial charge in [0.2, 0.25) is 0 Å². The maximum absolute atomic E-state index is 4.18. The highest BCUT2D eigenvalue weighted by Gasteiger charge is 1.95. The molecule has 1 rings (SSSR count). The van der Waals surface area contributed by atoms with Crippen LogP contribution < -0.4 is 0 Å². The van der Waals surface area contributed by atoms with Crippen LogP contribution in [0.15, 0.2) is 23.1 Å². The van der Waals surface area contributed by atoms with Crippen LogP contribution in [-0.4, -0.2) is 11.5 Å². The zero-order valence-electron chi connectivity index (χ0n) is 7.50. The van der Waals surface area contributed by atoms with E-state index in [0.29, 0.717) is 0 Å². The molecule has 0 saturated carbocycles. The Hall–Kier alpha value is -0.0800. The van der Waals surface area contributed by atoms with Crippen molar-refractivity contribution in [3.8, 4) is 0 Å². The van der Waals surface area contributed by atoms with Crippen LogP contribution >= 0.6 is 24.4 Å². The minimum absolute atomic E-state index is 0.942. The Bertz CT molecular complexity index is 256. The zero-order valence-corrected chi connectivity index (χ0v) is 9.21. The molecule has 66 valence electrons. The van der Waals surface area contributed by atoms with E-state index in [9.17, 15) is 0 Å². The summed E-state index contributed by atoms with van der Waals surface area (Å²) in [6.07, 6.45) is 0. The number of hydrogen-bond donors (Lipinski definition) is 1. The van der Waals surface area contributed by atoms with Crippen LogP contribution in [0.1, 0.15) is 11.1 Å². The molecule has 0 unspecified atom stereocenters. The molecular weight excluding hydrogens is 184 g/mol. The predicted molar refractivity (Wildman–Crippen MR) is 60.5 cm³/mol. The fourth-order valence-corrected chi connectivity index (χ4v) is 1.99. The van der Waals surface area contributed by atoms with E-state index >= 15 is 0 Å². The molecule has 0 fully saturated rings. The second kappa shape index (κ2) is 4.83. The van der Waals surface area contributed by atoms with Gasteiger partial charge in [0.1, 0.15) is 0 Å². The number of thioether (sulfide) groups is 1. The Morgan fingerprint density at radius 1 is 1.25 bits per heavy atom. The third kappa shape index (κ3) is 2.76. The molecule has 0 heterocycles. The quantitative estimate of drug-likeness (QED) is 0.574. The molecule has 0 N–H and O–H groups in total. The van der Waals surface area contributed by atoms with Gasteiger partial charge in [-0.05, 0) is 42.9 Å². The van der Waals surface area contributed by atoms with E-state index in [1.807, 2.05) is 11.8 Å².